The highest BCUT2D eigenvalue weighted by molar-refractivity contribution is 7.90. The predicted octanol–water partition coefficient (Wildman–Crippen LogP) is 1.39. The SMILES string of the molecule is O=C(OCc1cc(=O)[nH]c(=O)[nH]1)c1cccc(S(=O)(=O)Cc2ccccc2)c1. The van der Waals surface area contributed by atoms with Crippen LogP contribution in [0.5, 0.6) is 0 Å². The minimum absolute atomic E-state index is 0.00429. The molecule has 0 fully saturated rings. The highest BCUT2D eigenvalue weighted by atomic mass is 32.2. The lowest BCUT2D eigenvalue weighted by Crippen LogP contribution is -2.23. The fourth-order valence-electron chi connectivity index (χ4n) is 2.52. The van der Waals surface area contributed by atoms with Crippen LogP contribution < -0.4 is 11.2 Å². The number of esters is 1. The smallest absolute Gasteiger partial charge is 0.338 e. The van der Waals surface area contributed by atoms with Crippen LogP contribution in [0.3, 0.4) is 0 Å². The van der Waals surface area contributed by atoms with Crippen molar-refractivity contribution in [1.82, 2.24) is 9.97 Å². The summed E-state index contributed by atoms with van der Waals surface area (Å²) >= 11 is 0. The van der Waals surface area contributed by atoms with E-state index >= 15 is 0 Å². The van der Waals surface area contributed by atoms with Crippen LogP contribution in [0.2, 0.25) is 0 Å². The normalized spacial score (nSPS) is 11.1. The summed E-state index contributed by atoms with van der Waals surface area (Å²) in [5.41, 5.74) is -0.540. The Kier molecular flexibility index (Phi) is 5.55. The molecule has 8 nitrogen and oxygen atoms in total. The lowest BCUT2D eigenvalue weighted by Gasteiger charge is -2.08. The molecule has 0 atom stereocenters. The number of hydrogen-bond acceptors (Lipinski definition) is 6. The molecule has 0 aliphatic rings. The molecule has 0 radical (unpaired) electrons. The van der Waals surface area contributed by atoms with Crippen LogP contribution in [0.1, 0.15) is 21.6 Å². The van der Waals surface area contributed by atoms with Crippen molar-refractivity contribution >= 4 is 15.8 Å². The van der Waals surface area contributed by atoms with Gasteiger partial charge in [-0.3, -0.25) is 9.78 Å². The average molecular weight is 400 g/mol. The molecular formula is C19H16N2O6S. The second kappa shape index (κ2) is 8.05. The summed E-state index contributed by atoms with van der Waals surface area (Å²) in [5.74, 6) is -0.974. The van der Waals surface area contributed by atoms with Crippen molar-refractivity contribution in [3.8, 4) is 0 Å². The van der Waals surface area contributed by atoms with Gasteiger partial charge < -0.3 is 9.72 Å². The summed E-state index contributed by atoms with van der Waals surface area (Å²) in [4.78, 5) is 39.0. The molecule has 2 aromatic carbocycles. The van der Waals surface area contributed by atoms with Crippen LogP contribution in [-0.2, 0) is 26.9 Å². The Hall–Kier alpha value is -3.46. The molecule has 144 valence electrons. The van der Waals surface area contributed by atoms with E-state index in [9.17, 15) is 22.8 Å². The van der Waals surface area contributed by atoms with Crippen LogP contribution in [0.25, 0.3) is 0 Å². The van der Waals surface area contributed by atoms with Gasteiger partial charge in [-0.05, 0) is 23.8 Å². The van der Waals surface area contributed by atoms with Crippen LogP contribution in [-0.4, -0.2) is 24.4 Å². The highest BCUT2D eigenvalue weighted by Gasteiger charge is 2.18. The van der Waals surface area contributed by atoms with E-state index in [0.29, 0.717) is 5.56 Å². The molecule has 3 rings (SSSR count). The van der Waals surface area contributed by atoms with Gasteiger partial charge >= 0.3 is 11.7 Å². The number of sulfone groups is 1. The standard InChI is InChI=1S/C19H16N2O6S/c22-17-10-15(20-19(24)21-17)11-27-18(23)14-7-4-8-16(9-14)28(25,26)12-13-5-2-1-3-6-13/h1-10H,11-12H2,(H2,20,21,22,24). The third-order valence-corrected chi connectivity index (χ3v) is 5.49. The minimum Gasteiger partial charge on any atom is -0.456 e. The molecule has 9 heteroatoms. The number of ether oxygens (including phenoxy) is 1. The maximum atomic E-state index is 12.6. The summed E-state index contributed by atoms with van der Waals surface area (Å²) < 4.78 is 30.3. The first-order valence-electron chi connectivity index (χ1n) is 8.20. The van der Waals surface area contributed by atoms with Crippen LogP contribution in [0.15, 0.2) is 75.1 Å². The molecule has 0 bridgehead atoms. The van der Waals surface area contributed by atoms with Gasteiger partial charge in [0.1, 0.15) is 6.61 Å². The van der Waals surface area contributed by atoms with Gasteiger partial charge in [0.05, 0.1) is 21.9 Å². The Balaban J connectivity index is 1.75. The first-order valence-corrected chi connectivity index (χ1v) is 9.85. The number of benzene rings is 2. The fourth-order valence-corrected chi connectivity index (χ4v) is 3.91. The Bertz CT molecular complexity index is 1180. The van der Waals surface area contributed by atoms with Gasteiger partial charge in [-0.15, -0.1) is 0 Å². The summed E-state index contributed by atoms with van der Waals surface area (Å²) in [6.07, 6.45) is 0. The van der Waals surface area contributed by atoms with Crippen molar-refractivity contribution in [2.45, 2.75) is 17.3 Å². The van der Waals surface area contributed by atoms with Gasteiger partial charge in [0.2, 0.25) is 0 Å². The lowest BCUT2D eigenvalue weighted by atomic mass is 10.2. The fraction of sp³-hybridized carbons (Fsp3) is 0.105. The third-order valence-electron chi connectivity index (χ3n) is 3.80. The number of carbonyl (C=O) groups is 1. The van der Waals surface area contributed by atoms with Crippen molar-refractivity contribution in [3.63, 3.8) is 0 Å². The zero-order valence-corrected chi connectivity index (χ0v) is 15.4. The topological polar surface area (TPSA) is 126 Å². The van der Waals surface area contributed by atoms with E-state index in [1.807, 2.05) is 4.98 Å². The zero-order chi connectivity index (χ0) is 20.1. The molecule has 0 aliphatic carbocycles. The van der Waals surface area contributed by atoms with Crippen molar-refractivity contribution in [3.05, 3.63) is 98.3 Å². The molecule has 2 N–H and O–H groups in total. The van der Waals surface area contributed by atoms with Gasteiger partial charge in [0.15, 0.2) is 9.84 Å². The maximum Gasteiger partial charge on any atom is 0.338 e. The van der Waals surface area contributed by atoms with Crippen molar-refractivity contribution in [1.29, 1.82) is 0 Å². The number of hydrogen-bond donors (Lipinski definition) is 2. The summed E-state index contributed by atoms with van der Waals surface area (Å²) in [5, 5.41) is 0. The second-order valence-electron chi connectivity index (χ2n) is 5.96. The third kappa shape index (κ3) is 4.83. The molecule has 1 aromatic heterocycles. The van der Waals surface area contributed by atoms with Gasteiger partial charge in [-0.2, -0.15) is 0 Å². The van der Waals surface area contributed by atoms with Crippen molar-refractivity contribution in [2.24, 2.45) is 0 Å². The average Bonchev–Trinajstić information content (AvgIpc) is 2.66. The second-order valence-corrected chi connectivity index (χ2v) is 7.95. The van der Waals surface area contributed by atoms with Gasteiger partial charge in [0.25, 0.3) is 5.56 Å². The number of nitrogens with one attached hydrogen (secondary N) is 2. The lowest BCUT2D eigenvalue weighted by molar-refractivity contribution is 0.0467. The molecule has 28 heavy (non-hydrogen) atoms. The van der Waals surface area contributed by atoms with Crippen LogP contribution in [0, 0.1) is 0 Å². The first-order chi connectivity index (χ1) is 13.3. The number of H-pyrrole nitrogens is 2. The number of aromatic nitrogens is 2. The number of rotatable bonds is 6. The van der Waals surface area contributed by atoms with E-state index in [4.69, 9.17) is 4.74 Å². The molecule has 0 unspecified atom stereocenters. The van der Waals surface area contributed by atoms with Gasteiger partial charge in [-0.1, -0.05) is 36.4 Å². The summed E-state index contributed by atoms with van der Waals surface area (Å²) in [6, 6.07) is 15.3. The number of carbonyl (C=O) groups excluding carboxylic acids is 1. The van der Waals surface area contributed by atoms with Crippen LogP contribution >= 0.6 is 0 Å². The Morgan fingerprint density at radius 3 is 2.39 bits per heavy atom. The van der Waals surface area contributed by atoms with Gasteiger partial charge in [0, 0.05) is 6.07 Å². The van der Waals surface area contributed by atoms with Gasteiger partial charge in [-0.25, -0.2) is 18.0 Å². The van der Waals surface area contributed by atoms with Crippen LogP contribution in [0.4, 0.5) is 0 Å². The van der Waals surface area contributed by atoms with E-state index in [2.05, 4.69) is 4.98 Å². The van der Waals surface area contributed by atoms with Crippen molar-refractivity contribution in [2.75, 3.05) is 0 Å². The number of aromatic amines is 2. The monoisotopic (exact) mass is 400 g/mol. The highest BCUT2D eigenvalue weighted by Crippen LogP contribution is 2.18. The molecule has 0 saturated carbocycles. The molecule has 0 aliphatic heterocycles. The summed E-state index contributed by atoms with van der Waals surface area (Å²) in [7, 11) is -3.65. The van der Waals surface area contributed by atoms with Crippen molar-refractivity contribution < 1.29 is 17.9 Å². The largest absolute Gasteiger partial charge is 0.456 e. The van der Waals surface area contributed by atoms with E-state index in [-0.39, 0.29) is 28.5 Å². The quantitative estimate of drug-likeness (QED) is 0.602. The Morgan fingerprint density at radius 2 is 1.68 bits per heavy atom. The predicted molar refractivity (Wildman–Crippen MR) is 101 cm³/mol. The van der Waals surface area contributed by atoms with E-state index in [1.165, 1.54) is 24.3 Å². The molecular weight excluding hydrogens is 384 g/mol. The maximum absolute atomic E-state index is 12.6. The van der Waals surface area contributed by atoms with E-state index < -0.39 is 27.1 Å². The van der Waals surface area contributed by atoms with E-state index in [0.717, 1.165) is 6.07 Å². The Morgan fingerprint density at radius 1 is 0.929 bits per heavy atom. The van der Waals surface area contributed by atoms with E-state index in [1.54, 1.807) is 30.3 Å². The molecule has 0 amide bonds. The minimum atomic E-state index is -3.65. The summed E-state index contributed by atoms with van der Waals surface area (Å²) in [6.45, 7) is -0.334. The molecule has 3 aromatic rings. The molecule has 0 spiro atoms. The first kappa shape index (κ1) is 19.3. The zero-order valence-electron chi connectivity index (χ0n) is 14.5. The molecule has 0 saturated heterocycles. The molecule has 1 heterocycles. The Labute approximate surface area is 159 Å².